The minimum absolute atomic E-state index is 0.0199. The lowest BCUT2D eigenvalue weighted by Gasteiger charge is -2.42. The summed E-state index contributed by atoms with van der Waals surface area (Å²) in [5.41, 5.74) is 17.7. The Balaban J connectivity index is 1.31. The van der Waals surface area contributed by atoms with Crippen LogP contribution in [0.5, 0.6) is 0 Å². The molecule has 2 heterocycles. The topological polar surface area (TPSA) is 35.2 Å². The number of benzene rings is 8. The second kappa shape index (κ2) is 17.9. The molecule has 10 rings (SSSR count). The van der Waals surface area contributed by atoms with E-state index in [4.69, 9.17) is 0 Å². The Bertz CT molecular complexity index is 3400. The molecular weight excluding hydrogens is 851 g/mol. The number of fused-ring (bicyclic) bond motifs is 5. The highest BCUT2D eigenvalue weighted by Gasteiger charge is 2.40. The summed E-state index contributed by atoms with van der Waals surface area (Å²) >= 11 is 0. The van der Waals surface area contributed by atoms with Gasteiger partial charge in [-0.05, 0) is 158 Å². The second-order valence-electron chi connectivity index (χ2n) is 18.6. The highest BCUT2D eigenvalue weighted by Crippen LogP contribution is 2.56. The first-order valence-corrected chi connectivity index (χ1v) is 23.7. The van der Waals surface area contributed by atoms with Gasteiger partial charge in [-0.3, -0.25) is 0 Å². The molecular formula is C63H54F2N4. The van der Waals surface area contributed by atoms with Crippen LogP contribution in [0.25, 0.3) is 60.9 Å². The van der Waals surface area contributed by atoms with Gasteiger partial charge in [-0.1, -0.05) is 128 Å². The lowest BCUT2D eigenvalue weighted by atomic mass is 9.91. The van der Waals surface area contributed by atoms with Crippen LogP contribution in [0, 0.1) is 44.9 Å². The van der Waals surface area contributed by atoms with Crippen molar-refractivity contribution in [3.8, 4) is 39.4 Å². The molecule has 4 nitrogen and oxygen atoms in total. The van der Waals surface area contributed by atoms with E-state index < -0.39 is 18.3 Å². The van der Waals surface area contributed by atoms with E-state index in [1.165, 1.54) is 0 Å². The van der Waals surface area contributed by atoms with Gasteiger partial charge in [0.2, 0.25) is 0 Å². The van der Waals surface area contributed by atoms with Gasteiger partial charge in [0, 0.05) is 40.1 Å². The van der Waals surface area contributed by atoms with Crippen LogP contribution in [0.15, 0.2) is 194 Å². The van der Waals surface area contributed by atoms with Gasteiger partial charge < -0.3 is 14.4 Å². The van der Waals surface area contributed by atoms with E-state index in [0.717, 1.165) is 106 Å². The lowest BCUT2D eigenvalue weighted by molar-refractivity contribution is 0.0328. The van der Waals surface area contributed by atoms with Crippen molar-refractivity contribution in [1.29, 1.82) is 5.26 Å². The zero-order valence-corrected chi connectivity index (χ0v) is 40.0. The van der Waals surface area contributed by atoms with Crippen LogP contribution in [-0.4, -0.2) is 10.5 Å². The summed E-state index contributed by atoms with van der Waals surface area (Å²) in [5, 5.41) is 11.6. The summed E-state index contributed by atoms with van der Waals surface area (Å²) in [6.07, 6.45) is -0.508. The molecule has 0 N–H and O–H groups in total. The van der Waals surface area contributed by atoms with Crippen LogP contribution < -0.4 is 9.80 Å². The number of para-hydroxylation sites is 2. The van der Waals surface area contributed by atoms with Crippen molar-refractivity contribution in [1.82, 2.24) is 4.57 Å². The summed E-state index contributed by atoms with van der Waals surface area (Å²) in [6.45, 7) is 16.6. The fourth-order valence-corrected chi connectivity index (χ4v) is 10.5. The van der Waals surface area contributed by atoms with Crippen LogP contribution in [0.1, 0.15) is 48.9 Å². The Kier molecular flexibility index (Phi) is 11.6. The van der Waals surface area contributed by atoms with Gasteiger partial charge in [-0.2, -0.15) is 5.26 Å². The van der Waals surface area contributed by atoms with E-state index in [9.17, 15) is 5.26 Å². The maximum Gasteiger partial charge on any atom is 0.274 e. The smallest absolute Gasteiger partial charge is 0.274 e. The van der Waals surface area contributed by atoms with Gasteiger partial charge in [0.15, 0.2) is 0 Å². The van der Waals surface area contributed by atoms with Gasteiger partial charge in [0.1, 0.15) is 0 Å². The predicted molar refractivity (Wildman–Crippen MR) is 285 cm³/mol. The number of aromatic nitrogens is 1. The molecule has 1 unspecified atom stereocenters. The van der Waals surface area contributed by atoms with Crippen molar-refractivity contribution < 1.29 is 8.78 Å². The number of rotatable bonds is 11. The third kappa shape index (κ3) is 7.88. The molecule has 0 bridgehead atoms. The van der Waals surface area contributed by atoms with Crippen molar-refractivity contribution in [2.75, 3.05) is 9.80 Å². The molecule has 0 aliphatic carbocycles. The van der Waals surface area contributed by atoms with Gasteiger partial charge in [-0.15, -0.1) is 0 Å². The van der Waals surface area contributed by atoms with Crippen LogP contribution in [-0.2, 0) is 0 Å². The minimum atomic E-state index is -3.38. The summed E-state index contributed by atoms with van der Waals surface area (Å²) < 4.78 is 36.8. The van der Waals surface area contributed by atoms with Gasteiger partial charge in [-0.25, -0.2) is 8.78 Å². The monoisotopic (exact) mass is 904 g/mol. The Hall–Kier alpha value is -8.01. The number of nitriles is 1. The van der Waals surface area contributed by atoms with Gasteiger partial charge >= 0.3 is 0 Å². The number of alkyl halides is 2. The predicted octanol–water partition coefficient (Wildman–Crippen LogP) is 18.0. The molecule has 69 heavy (non-hydrogen) atoms. The molecule has 0 saturated carbocycles. The molecule has 1 aliphatic rings. The average molecular weight is 905 g/mol. The Morgan fingerprint density at radius 1 is 0.565 bits per heavy atom. The normalized spacial score (nSPS) is 13.2. The van der Waals surface area contributed by atoms with Gasteiger partial charge in [0.25, 0.3) is 5.92 Å². The Morgan fingerprint density at radius 2 is 1.07 bits per heavy atom. The molecule has 8 aromatic carbocycles. The van der Waals surface area contributed by atoms with Crippen LogP contribution in [0.2, 0.25) is 0 Å². The highest BCUT2D eigenvalue weighted by molar-refractivity contribution is 6.13. The Morgan fingerprint density at radius 3 is 1.64 bits per heavy atom. The van der Waals surface area contributed by atoms with E-state index in [1.54, 1.807) is 6.92 Å². The highest BCUT2D eigenvalue weighted by atomic mass is 19.3. The molecule has 6 heteroatoms. The van der Waals surface area contributed by atoms with Crippen molar-refractivity contribution in [3.63, 3.8) is 0 Å². The zero-order valence-electron chi connectivity index (χ0n) is 40.0. The van der Waals surface area contributed by atoms with E-state index in [1.807, 2.05) is 54.0 Å². The fourth-order valence-electron chi connectivity index (χ4n) is 10.5. The molecule has 1 aliphatic heterocycles. The van der Waals surface area contributed by atoms with Crippen LogP contribution >= 0.6 is 0 Å². The van der Waals surface area contributed by atoms with Crippen LogP contribution in [0.3, 0.4) is 0 Å². The zero-order chi connectivity index (χ0) is 48.1. The van der Waals surface area contributed by atoms with E-state index in [-0.39, 0.29) is 12.0 Å². The summed E-state index contributed by atoms with van der Waals surface area (Å²) in [5.74, 6) is -3.93. The van der Waals surface area contributed by atoms with E-state index in [2.05, 4.69) is 184 Å². The molecule has 0 saturated heterocycles. The maximum atomic E-state index is 17.4. The first-order valence-electron chi connectivity index (χ1n) is 23.7. The second-order valence-corrected chi connectivity index (χ2v) is 18.6. The first kappa shape index (κ1) is 44.8. The van der Waals surface area contributed by atoms with Crippen molar-refractivity contribution in [2.45, 2.75) is 60.3 Å². The SMILES string of the molecule is C=C(/C(=C(\C)N1c2ccc(-c3c(C)cccc3C)cc2N(c2ccccc2)c2cc(-c3c(C)cccc3C)ccc21)n1c2ccccc2c2cc(-c3ccccc3)ccc21)C(F)(F)CCC(C)C#N. The number of aryl methyl sites for hydroxylation is 4. The van der Waals surface area contributed by atoms with Crippen molar-refractivity contribution in [2.24, 2.45) is 5.92 Å². The Labute approximate surface area is 404 Å². The fraction of sp³-hybridized carbons (Fsp3) is 0.159. The third-order valence-electron chi connectivity index (χ3n) is 14.0. The molecule has 1 atom stereocenters. The lowest BCUT2D eigenvalue weighted by Crippen LogP contribution is -2.29. The minimum Gasteiger partial charge on any atom is -0.308 e. The number of nitrogens with zero attached hydrogens (tertiary/aromatic N) is 4. The number of hydrogen-bond acceptors (Lipinski definition) is 3. The number of anilines is 5. The van der Waals surface area contributed by atoms with Gasteiger partial charge in [0.05, 0.1) is 45.5 Å². The first-order chi connectivity index (χ1) is 33.4. The summed E-state index contributed by atoms with van der Waals surface area (Å²) in [7, 11) is 0. The largest absolute Gasteiger partial charge is 0.308 e. The van der Waals surface area contributed by atoms with E-state index >= 15 is 8.78 Å². The van der Waals surface area contributed by atoms with E-state index in [0.29, 0.717) is 11.4 Å². The quantitative estimate of drug-likeness (QED) is 0.121. The molecule has 1 aromatic heterocycles. The number of hydrogen-bond donors (Lipinski definition) is 0. The number of allylic oxidation sites excluding steroid dienone is 3. The molecule has 340 valence electrons. The average Bonchev–Trinajstić information content (AvgIpc) is 3.68. The molecule has 0 amide bonds. The summed E-state index contributed by atoms with van der Waals surface area (Å²) in [4.78, 5) is 4.49. The van der Waals surface area contributed by atoms with Crippen molar-refractivity contribution >= 4 is 55.9 Å². The molecule has 9 aromatic rings. The molecule has 0 radical (unpaired) electrons. The standard InChI is InChI=1S/C63H54F2N4/c1-40(39-66)34-35-63(64,65)45(6)62(69-54-27-15-14-26-52(54)53-36-48(28-31-55(53)69)47-22-10-8-11-23-47)46(7)67-56-32-29-49(60-41(2)18-16-19-42(60)3)37-58(56)68(51-24-12-9-13-25-51)59-38-50(30-33-57(59)67)61-43(4)20-17-21-44(61)5/h8-33,36-38,40H,6,34-35H2,1-5,7H3/b62-46-. The van der Waals surface area contributed by atoms with Crippen LogP contribution in [0.4, 0.5) is 37.2 Å². The molecule has 0 spiro atoms. The maximum absolute atomic E-state index is 17.4. The molecule has 0 fully saturated rings. The summed E-state index contributed by atoms with van der Waals surface area (Å²) in [6, 6.07) is 63.0. The third-order valence-corrected chi connectivity index (χ3v) is 14.0. The van der Waals surface area contributed by atoms with Crippen molar-refractivity contribution in [3.05, 3.63) is 216 Å². The number of halogens is 2.